The van der Waals surface area contributed by atoms with E-state index in [1.54, 1.807) is 0 Å². The molecule has 4 nitrogen and oxygen atoms in total. The van der Waals surface area contributed by atoms with E-state index in [1.807, 2.05) is 49.1 Å². The Morgan fingerprint density at radius 3 is 2.21 bits per heavy atom. The van der Waals surface area contributed by atoms with Crippen LogP contribution in [0.4, 0.5) is 8.78 Å². The molecule has 3 aliphatic rings. The van der Waals surface area contributed by atoms with Crippen LogP contribution in [0, 0.1) is 29.6 Å². The zero-order valence-corrected chi connectivity index (χ0v) is 21.0. The molecule has 6 heteroatoms. The molecule has 1 aromatic rings. The van der Waals surface area contributed by atoms with Crippen LogP contribution in [0.15, 0.2) is 54.1 Å². The van der Waals surface area contributed by atoms with Gasteiger partial charge >= 0.3 is 0 Å². The lowest BCUT2D eigenvalue weighted by molar-refractivity contribution is -0.153. The number of benzene rings is 1. The number of hydrogen-bond donors (Lipinski definition) is 1. The predicted octanol–water partition coefficient (Wildman–Crippen LogP) is 5.06. The third kappa shape index (κ3) is 4.47. The van der Waals surface area contributed by atoms with Gasteiger partial charge in [-0.3, -0.25) is 9.69 Å². The number of carbonyl (C=O) groups is 1. The highest BCUT2D eigenvalue weighted by atomic mass is 19.1. The van der Waals surface area contributed by atoms with Gasteiger partial charge in [0.05, 0.1) is 11.5 Å². The average Bonchev–Trinajstić information content (AvgIpc) is 3.23. The van der Waals surface area contributed by atoms with E-state index in [-0.39, 0.29) is 41.5 Å². The molecule has 2 aliphatic heterocycles. The first-order valence-corrected chi connectivity index (χ1v) is 12.5. The maximum atomic E-state index is 14.9. The van der Waals surface area contributed by atoms with Gasteiger partial charge in [0.25, 0.3) is 0 Å². The first-order valence-electron chi connectivity index (χ1n) is 12.5. The molecule has 34 heavy (non-hydrogen) atoms. The van der Waals surface area contributed by atoms with Crippen LogP contribution in [0.25, 0.3) is 0 Å². The number of amides is 1. The van der Waals surface area contributed by atoms with Gasteiger partial charge in [0, 0.05) is 55.5 Å². The second-order valence-electron chi connectivity index (χ2n) is 11.5. The highest BCUT2D eigenvalue weighted by Crippen LogP contribution is 2.45. The molecule has 2 fully saturated rings. The van der Waals surface area contributed by atoms with Crippen LogP contribution in [-0.2, 0) is 10.4 Å². The number of hydrogen-bond acceptors (Lipinski definition) is 3. The summed E-state index contributed by atoms with van der Waals surface area (Å²) < 4.78 is 28.5. The molecule has 0 aromatic heterocycles. The molecule has 186 valence electrons. The number of piperidine rings is 1. The Kier molecular flexibility index (Phi) is 6.78. The van der Waals surface area contributed by atoms with Crippen molar-refractivity contribution >= 4 is 5.91 Å². The van der Waals surface area contributed by atoms with E-state index in [0.717, 1.165) is 11.6 Å². The second kappa shape index (κ2) is 9.19. The van der Waals surface area contributed by atoms with Gasteiger partial charge in [0.15, 0.2) is 0 Å². The van der Waals surface area contributed by atoms with Gasteiger partial charge in [-0.1, -0.05) is 44.2 Å². The van der Waals surface area contributed by atoms with Gasteiger partial charge in [-0.25, -0.2) is 8.78 Å². The third-order valence-electron chi connectivity index (χ3n) is 8.38. The third-order valence-corrected chi connectivity index (χ3v) is 8.38. The quantitative estimate of drug-likeness (QED) is 0.669. The first kappa shape index (κ1) is 25.1. The fourth-order valence-electron chi connectivity index (χ4n) is 6.26. The molecule has 1 aliphatic carbocycles. The van der Waals surface area contributed by atoms with E-state index in [1.165, 1.54) is 6.08 Å². The Morgan fingerprint density at radius 1 is 1.03 bits per heavy atom. The second-order valence-corrected chi connectivity index (χ2v) is 11.5. The van der Waals surface area contributed by atoms with Crippen molar-refractivity contribution in [2.24, 2.45) is 29.6 Å². The lowest BCUT2D eigenvalue weighted by atomic mass is 9.70. The molecular formula is C28H38F2N2O2. The Balaban J connectivity index is 1.57. The molecule has 1 N–H and O–H groups in total. The summed E-state index contributed by atoms with van der Waals surface area (Å²) in [5.74, 6) is -2.34. The Bertz CT molecular complexity index is 956. The minimum absolute atomic E-state index is 0.0217. The number of aliphatic hydroxyl groups is 1. The summed E-state index contributed by atoms with van der Waals surface area (Å²) >= 11 is 0. The number of allylic oxidation sites excluding steroid dienone is 4. The van der Waals surface area contributed by atoms with E-state index in [0.29, 0.717) is 26.2 Å². The number of rotatable bonds is 3. The van der Waals surface area contributed by atoms with Crippen molar-refractivity contribution in [3.05, 3.63) is 59.7 Å². The van der Waals surface area contributed by atoms with Crippen molar-refractivity contribution in [1.29, 1.82) is 0 Å². The van der Waals surface area contributed by atoms with E-state index in [9.17, 15) is 18.7 Å². The molecule has 6 atom stereocenters. The topological polar surface area (TPSA) is 43.8 Å². The summed E-state index contributed by atoms with van der Waals surface area (Å²) in [6.45, 7) is 12.4. The van der Waals surface area contributed by atoms with Gasteiger partial charge in [0.2, 0.25) is 5.91 Å². The summed E-state index contributed by atoms with van der Waals surface area (Å²) in [6.07, 6.45) is 2.68. The van der Waals surface area contributed by atoms with Crippen LogP contribution in [-0.4, -0.2) is 52.5 Å². The highest BCUT2D eigenvalue weighted by molar-refractivity contribution is 5.80. The SMILES string of the molecule is C[C@@H]1CN(C(=O)[C@@H]2CN(C(C)(C)C)C[C@H]2C2CC=C(F)C=C2F)C[C@H](C)C1(O)c1ccccc1. The fraction of sp³-hybridized carbons (Fsp3) is 0.607. The maximum absolute atomic E-state index is 14.9. The van der Waals surface area contributed by atoms with Crippen molar-refractivity contribution in [2.75, 3.05) is 26.2 Å². The molecule has 0 saturated carbocycles. The normalized spacial score (nSPS) is 35.2. The van der Waals surface area contributed by atoms with Crippen LogP contribution in [0.2, 0.25) is 0 Å². The summed E-state index contributed by atoms with van der Waals surface area (Å²) in [5, 5.41) is 11.7. The monoisotopic (exact) mass is 472 g/mol. The molecule has 4 rings (SSSR count). The molecule has 2 unspecified atom stereocenters. The summed E-state index contributed by atoms with van der Waals surface area (Å²) in [7, 11) is 0. The van der Waals surface area contributed by atoms with Crippen molar-refractivity contribution < 1.29 is 18.7 Å². The van der Waals surface area contributed by atoms with E-state index in [2.05, 4.69) is 25.7 Å². The van der Waals surface area contributed by atoms with E-state index >= 15 is 0 Å². The van der Waals surface area contributed by atoms with Gasteiger partial charge in [-0.05, 0) is 44.7 Å². The lowest BCUT2D eigenvalue weighted by Crippen LogP contribution is -2.57. The van der Waals surface area contributed by atoms with Crippen molar-refractivity contribution in [1.82, 2.24) is 9.80 Å². The van der Waals surface area contributed by atoms with Gasteiger partial charge in [0.1, 0.15) is 11.7 Å². The standard InChI is InChI=1S/C28H38F2N2O2/c1-18-14-31(15-19(2)28(18,34)20-9-7-6-8-10-20)26(33)24-17-32(27(3,4)5)16-23(24)22-12-11-21(29)13-25(22)30/h6-11,13,18-19,22-24,34H,12,14-17H2,1-5H3/t18-,19+,22?,23-,24+,28?/m0/s1. The zero-order chi connectivity index (χ0) is 24.8. The van der Waals surface area contributed by atoms with Gasteiger partial charge in [-0.2, -0.15) is 0 Å². The molecule has 0 bridgehead atoms. The number of likely N-dealkylation sites (tertiary alicyclic amines) is 2. The van der Waals surface area contributed by atoms with Crippen molar-refractivity contribution in [3.8, 4) is 0 Å². The largest absolute Gasteiger partial charge is 0.384 e. The summed E-state index contributed by atoms with van der Waals surface area (Å²) in [6, 6.07) is 9.69. The van der Waals surface area contributed by atoms with Crippen LogP contribution >= 0.6 is 0 Å². The van der Waals surface area contributed by atoms with Crippen molar-refractivity contribution in [3.63, 3.8) is 0 Å². The van der Waals surface area contributed by atoms with Crippen molar-refractivity contribution in [2.45, 2.75) is 52.2 Å². The van der Waals surface area contributed by atoms with Crippen LogP contribution in [0.1, 0.15) is 46.6 Å². The van der Waals surface area contributed by atoms with Crippen LogP contribution in [0.3, 0.4) is 0 Å². The smallest absolute Gasteiger partial charge is 0.227 e. The number of carbonyl (C=O) groups excluding carboxylic acids is 1. The van der Waals surface area contributed by atoms with Crippen LogP contribution < -0.4 is 0 Å². The Morgan fingerprint density at radius 2 is 1.65 bits per heavy atom. The summed E-state index contributed by atoms with van der Waals surface area (Å²) in [4.78, 5) is 18.0. The minimum atomic E-state index is -1.01. The first-order chi connectivity index (χ1) is 15.9. The van der Waals surface area contributed by atoms with Gasteiger partial charge in [-0.15, -0.1) is 0 Å². The zero-order valence-electron chi connectivity index (χ0n) is 21.0. The Labute approximate surface area is 202 Å². The molecule has 1 amide bonds. The predicted molar refractivity (Wildman–Crippen MR) is 130 cm³/mol. The van der Waals surface area contributed by atoms with E-state index in [4.69, 9.17) is 0 Å². The lowest BCUT2D eigenvalue weighted by Gasteiger charge is -2.49. The highest BCUT2D eigenvalue weighted by Gasteiger charge is 2.51. The number of nitrogens with zero attached hydrogens (tertiary/aromatic N) is 2. The Hall–Kier alpha value is -2.05. The fourth-order valence-corrected chi connectivity index (χ4v) is 6.26. The molecule has 2 heterocycles. The summed E-state index contributed by atoms with van der Waals surface area (Å²) in [5.41, 5.74) is -0.285. The average molecular weight is 473 g/mol. The maximum Gasteiger partial charge on any atom is 0.227 e. The molecule has 0 spiro atoms. The molecular weight excluding hydrogens is 434 g/mol. The van der Waals surface area contributed by atoms with Crippen LogP contribution in [0.5, 0.6) is 0 Å². The molecule has 2 saturated heterocycles. The number of halogens is 2. The van der Waals surface area contributed by atoms with Gasteiger partial charge < -0.3 is 10.0 Å². The molecule has 1 aromatic carbocycles. The van der Waals surface area contributed by atoms with E-state index < -0.39 is 23.2 Å². The minimum Gasteiger partial charge on any atom is -0.384 e. The molecule has 0 radical (unpaired) electrons.